The molecule has 0 atom stereocenters. The lowest BCUT2D eigenvalue weighted by molar-refractivity contribution is -0.132. The highest BCUT2D eigenvalue weighted by molar-refractivity contribution is 6.27. The lowest BCUT2D eigenvalue weighted by Gasteiger charge is -2.26. The third kappa shape index (κ3) is 7.19. The first-order chi connectivity index (χ1) is 6.76. The molecule has 0 aliphatic rings. The van der Waals surface area contributed by atoms with Crippen LogP contribution >= 0.6 is 11.6 Å². The molecule has 0 aromatic heterocycles. The number of amides is 2. The molecule has 2 amide bonds. The summed E-state index contributed by atoms with van der Waals surface area (Å²) in [6.07, 6.45) is 0. The number of likely N-dealkylation sites (N-methyl/N-ethyl adjacent to an activating group) is 1. The van der Waals surface area contributed by atoms with Gasteiger partial charge >= 0.3 is 0 Å². The van der Waals surface area contributed by atoms with E-state index in [1.165, 1.54) is 0 Å². The van der Waals surface area contributed by atoms with Gasteiger partial charge < -0.3 is 10.2 Å². The molecule has 5 heteroatoms. The monoisotopic (exact) mass is 234 g/mol. The van der Waals surface area contributed by atoms with Gasteiger partial charge in [-0.3, -0.25) is 9.59 Å². The van der Waals surface area contributed by atoms with Gasteiger partial charge in [-0.25, -0.2) is 0 Å². The Kier molecular flexibility index (Phi) is 5.65. The maximum atomic E-state index is 11.5. The highest BCUT2D eigenvalue weighted by atomic mass is 35.5. The summed E-state index contributed by atoms with van der Waals surface area (Å²) in [5.41, 5.74) is 0.0565. The molecular formula is C10H19ClN2O2. The fourth-order valence-electron chi connectivity index (χ4n) is 1.16. The van der Waals surface area contributed by atoms with Gasteiger partial charge in [-0.1, -0.05) is 20.8 Å². The molecule has 0 spiro atoms. The van der Waals surface area contributed by atoms with E-state index in [-0.39, 0.29) is 29.7 Å². The Labute approximate surface area is 96.0 Å². The van der Waals surface area contributed by atoms with Gasteiger partial charge in [0.25, 0.3) is 0 Å². The Hall–Kier alpha value is -0.770. The van der Waals surface area contributed by atoms with Crippen LogP contribution in [0.3, 0.4) is 0 Å². The Bertz CT molecular complexity index is 236. The standard InChI is InChI=1S/C10H19ClN2O2/c1-10(2,3)7-13(4)9(15)6-12-8(14)5-11/h5-7H2,1-4H3,(H,12,14). The van der Waals surface area contributed by atoms with E-state index < -0.39 is 0 Å². The van der Waals surface area contributed by atoms with E-state index in [9.17, 15) is 9.59 Å². The normalized spacial score (nSPS) is 11.0. The van der Waals surface area contributed by atoms with E-state index >= 15 is 0 Å². The Morgan fingerprint density at radius 2 is 1.87 bits per heavy atom. The second kappa shape index (κ2) is 5.95. The molecule has 0 fully saturated rings. The van der Waals surface area contributed by atoms with E-state index in [2.05, 4.69) is 5.32 Å². The molecular weight excluding hydrogens is 216 g/mol. The number of halogens is 1. The Morgan fingerprint density at radius 3 is 2.27 bits per heavy atom. The van der Waals surface area contributed by atoms with E-state index in [4.69, 9.17) is 11.6 Å². The fourth-order valence-corrected chi connectivity index (χ4v) is 1.25. The summed E-state index contributed by atoms with van der Waals surface area (Å²) in [5.74, 6) is -0.548. The van der Waals surface area contributed by atoms with E-state index in [1.54, 1.807) is 11.9 Å². The maximum Gasteiger partial charge on any atom is 0.241 e. The highest BCUT2D eigenvalue weighted by Crippen LogP contribution is 2.13. The Morgan fingerprint density at radius 1 is 1.33 bits per heavy atom. The molecule has 0 aliphatic carbocycles. The van der Waals surface area contributed by atoms with Gasteiger partial charge in [-0.2, -0.15) is 0 Å². The molecule has 0 radical (unpaired) electrons. The van der Waals surface area contributed by atoms with Crippen molar-refractivity contribution in [2.24, 2.45) is 5.41 Å². The minimum absolute atomic E-state index is 0.0120. The molecule has 0 heterocycles. The van der Waals surface area contributed by atoms with Crippen molar-refractivity contribution in [2.75, 3.05) is 26.0 Å². The third-order valence-corrected chi connectivity index (χ3v) is 1.94. The minimum Gasteiger partial charge on any atom is -0.346 e. The smallest absolute Gasteiger partial charge is 0.241 e. The van der Waals surface area contributed by atoms with Crippen LogP contribution in [-0.4, -0.2) is 42.7 Å². The van der Waals surface area contributed by atoms with Crippen molar-refractivity contribution >= 4 is 23.4 Å². The van der Waals surface area contributed by atoms with Gasteiger partial charge in [-0.15, -0.1) is 11.6 Å². The lowest BCUT2D eigenvalue weighted by atomic mass is 9.96. The first kappa shape index (κ1) is 14.2. The zero-order valence-electron chi connectivity index (χ0n) is 9.76. The van der Waals surface area contributed by atoms with Gasteiger partial charge in [0, 0.05) is 13.6 Å². The van der Waals surface area contributed by atoms with Gasteiger partial charge in [0.1, 0.15) is 5.88 Å². The number of carbonyl (C=O) groups is 2. The van der Waals surface area contributed by atoms with Crippen molar-refractivity contribution < 1.29 is 9.59 Å². The molecule has 0 saturated heterocycles. The zero-order chi connectivity index (χ0) is 12.1. The van der Waals surface area contributed by atoms with Crippen LogP contribution in [0.15, 0.2) is 0 Å². The largest absolute Gasteiger partial charge is 0.346 e. The van der Waals surface area contributed by atoms with Crippen LogP contribution in [0.2, 0.25) is 0 Å². The number of nitrogens with zero attached hydrogens (tertiary/aromatic N) is 1. The molecule has 88 valence electrons. The van der Waals surface area contributed by atoms with Crippen molar-refractivity contribution in [3.63, 3.8) is 0 Å². The van der Waals surface area contributed by atoms with Gasteiger partial charge in [0.2, 0.25) is 11.8 Å². The van der Waals surface area contributed by atoms with Gasteiger partial charge in [0.05, 0.1) is 6.54 Å². The quantitative estimate of drug-likeness (QED) is 0.734. The number of carbonyl (C=O) groups excluding carboxylic acids is 2. The van der Waals surface area contributed by atoms with Crippen LogP contribution in [-0.2, 0) is 9.59 Å². The molecule has 0 aromatic rings. The summed E-state index contributed by atoms with van der Waals surface area (Å²) in [6.45, 7) is 6.82. The average Bonchev–Trinajstić information content (AvgIpc) is 2.10. The van der Waals surface area contributed by atoms with Crippen LogP contribution < -0.4 is 5.32 Å². The predicted molar refractivity (Wildman–Crippen MR) is 60.8 cm³/mol. The number of alkyl halides is 1. The summed E-state index contributed by atoms with van der Waals surface area (Å²) in [6, 6.07) is 0. The predicted octanol–water partition coefficient (Wildman–Crippen LogP) is 0.846. The fraction of sp³-hybridized carbons (Fsp3) is 0.800. The lowest BCUT2D eigenvalue weighted by Crippen LogP contribution is -2.41. The zero-order valence-corrected chi connectivity index (χ0v) is 10.5. The topological polar surface area (TPSA) is 49.4 Å². The molecule has 0 saturated carbocycles. The summed E-state index contributed by atoms with van der Waals surface area (Å²) < 4.78 is 0. The number of hydrogen-bond donors (Lipinski definition) is 1. The molecule has 0 bridgehead atoms. The van der Waals surface area contributed by atoms with Crippen molar-refractivity contribution in [3.05, 3.63) is 0 Å². The summed E-state index contributed by atoms with van der Waals surface area (Å²) in [4.78, 5) is 23.9. The third-order valence-electron chi connectivity index (χ3n) is 1.70. The molecule has 4 nitrogen and oxygen atoms in total. The highest BCUT2D eigenvalue weighted by Gasteiger charge is 2.17. The number of rotatable bonds is 4. The molecule has 15 heavy (non-hydrogen) atoms. The second-order valence-corrected chi connectivity index (χ2v) is 4.99. The number of hydrogen-bond acceptors (Lipinski definition) is 2. The van der Waals surface area contributed by atoms with Crippen LogP contribution in [0.5, 0.6) is 0 Å². The number of nitrogens with one attached hydrogen (secondary N) is 1. The molecule has 0 unspecified atom stereocenters. The molecule has 0 rings (SSSR count). The maximum absolute atomic E-state index is 11.5. The second-order valence-electron chi connectivity index (χ2n) is 4.72. The molecule has 0 aliphatic heterocycles. The average molecular weight is 235 g/mol. The van der Waals surface area contributed by atoms with E-state index in [0.717, 1.165) is 0 Å². The summed E-state index contributed by atoms with van der Waals surface area (Å²) in [7, 11) is 1.72. The SMILES string of the molecule is CN(CC(C)(C)C)C(=O)CNC(=O)CCl. The molecule has 1 N–H and O–H groups in total. The van der Waals surface area contributed by atoms with Crippen LogP contribution in [0.4, 0.5) is 0 Å². The van der Waals surface area contributed by atoms with Crippen molar-refractivity contribution in [1.82, 2.24) is 10.2 Å². The van der Waals surface area contributed by atoms with Crippen molar-refractivity contribution in [3.8, 4) is 0 Å². The summed E-state index contributed by atoms with van der Waals surface area (Å²) >= 11 is 5.28. The molecule has 0 aromatic carbocycles. The van der Waals surface area contributed by atoms with Crippen LogP contribution in [0.25, 0.3) is 0 Å². The Balaban J connectivity index is 3.95. The van der Waals surface area contributed by atoms with Crippen LogP contribution in [0, 0.1) is 5.41 Å². The van der Waals surface area contributed by atoms with E-state index in [0.29, 0.717) is 6.54 Å². The first-order valence-corrected chi connectivity index (χ1v) is 5.36. The first-order valence-electron chi connectivity index (χ1n) is 4.83. The van der Waals surface area contributed by atoms with Gasteiger partial charge in [0.15, 0.2) is 0 Å². The summed E-state index contributed by atoms with van der Waals surface area (Å²) in [5, 5.41) is 2.44. The van der Waals surface area contributed by atoms with Crippen molar-refractivity contribution in [2.45, 2.75) is 20.8 Å². The van der Waals surface area contributed by atoms with Crippen molar-refractivity contribution in [1.29, 1.82) is 0 Å². The van der Waals surface area contributed by atoms with E-state index in [1.807, 2.05) is 20.8 Å². The minimum atomic E-state index is -0.325. The van der Waals surface area contributed by atoms with Gasteiger partial charge in [-0.05, 0) is 5.41 Å². The van der Waals surface area contributed by atoms with Crippen LogP contribution in [0.1, 0.15) is 20.8 Å².